The van der Waals surface area contributed by atoms with E-state index >= 15 is 0 Å². The molecule has 0 radical (unpaired) electrons. The fraction of sp³-hybridized carbons (Fsp3) is 0.0476. The van der Waals surface area contributed by atoms with Crippen molar-refractivity contribution in [2.75, 3.05) is 6.54 Å². The maximum absolute atomic E-state index is 12.0. The van der Waals surface area contributed by atoms with E-state index in [4.69, 9.17) is 27.9 Å². The molecule has 7 nitrogen and oxygen atoms in total. The van der Waals surface area contributed by atoms with Gasteiger partial charge in [-0.1, -0.05) is 29.3 Å². The number of hydrogen-bond donors (Lipinski definition) is 2. The summed E-state index contributed by atoms with van der Waals surface area (Å²) >= 11 is 13.0. The van der Waals surface area contributed by atoms with Gasteiger partial charge in [0.1, 0.15) is 10.6 Å². The molecule has 1 heterocycles. The molecule has 0 aliphatic rings. The van der Waals surface area contributed by atoms with Crippen LogP contribution in [0.1, 0.15) is 25.6 Å². The normalized spacial score (nSPS) is 10.6. The van der Waals surface area contributed by atoms with E-state index in [1.54, 1.807) is 41.8 Å². The van der Waals surface area contributed by atoms with Gasteiger partial charge in [-0.05, 0) is 59.5 Å². The van der Waals surface area contributed by atoms with E-state index in [1.807, 2.05) is 0 Å². The second kappa shape index (κ2) is 10.7. The average Bonchev–Trinajstić information content (AvgIpc) is 3.30. The predicted molar refractivity (Wildman–Crippen MR) is 120 cm³/mol. The van der Waals surface area contributed by atoms with Crippen LogP contribution in [0.3, 0.4) is 0 Å². The van der Waals surface area contributed by atoms with E-state index in [1.165, 1.54) is 35.8 Å². The highest BCUT2D eigenvalue weighted by Gasteiger charge is 2.10. The van der Waals surface area contributed by atoms with E-state index in [-0.39, 0.29) is 17.1 Å². The molecule has 0 bridgehead atoms. The molecule has 0 spiro atoms. The maximum Gasteiger partial charge on any atom is 0.353 e. The van der Waals surface area contributed by atoms with Gasteiger partial charge >= 0.3 is 5.97 Å². The van der Waals surface area contributed by atoms with Crippen LogP contribution in [0, 0.1) is 0 Å². The van der Waals surface area contributed by atoms with Crippen LogP contribution in [0.5, 0.6) is 5.75 Å². The summed E-state index contributed by atoms with van der Waals surface area (Å²) in [7, 11) is 0. The number of rotatable bonds is 7. The topological polar surface area (TPSA) is 96.9 Å². The molecule has 0 atom stereocenters. The first-order valence-corrected chi connectivity index (χ1v) is 10.5. The van der Waals surface area contributed by atoms with Gasteiger partial charge in [-0.15, -0.1) is 11.3 Å². The van der Waals surface area contributed by atoms with Crippen molar-refractivity contribution < 1.29 is 19.1 Å². The van der Waals surface area contributed by atoms with Crippen LogP contribution in [-0.2, 0) is 4.79 Å². The molecule has 158 valence electrons. The SMILES string of the molecule is O=C(CNC(=O)c1ccc(Cl)c(Cl)c1)NN=Cc1ccc(OC(=O)c2cccs2)cc1. The van der Waals surface area contributed by atoms with Crippen molar-refractivity contribution in [1.29, 1.82) is 0 Å². The van der Waals surface area contributed by atoms with Gasteiger partial charge in [0.2, 0.25) is 0 Å². The number of hydrogen-bond acceptors (Lipinski definition) is 6. The van der Waals surface area contributed by atoms with E-state index < -0.39 is 17.8 Å². The number of thiophene rings is 1. The van der Waals surface area contributed by atoms with Crippen LogP contribution < -0.4 is 15.5 Å². The molecular weight excluding hydrogens is 461 g/mol. The Bertz CT molecular complexity index is 1120. The van der Waals surface area contributed by atoms with Gasteiger partial charge in [0.25, 0.3) is 11.8 Å². The van der Waals surface area contributed by atoms with E-state index in [2.05, 4.69) is 15.8 Å². The zero-order chi connectivity index (χ0) is 22.2. The summed E-state index contributed by atoms with van der Waals surface area (Å²) < 4.78 is 5.26. The first-order chi connectivity index (χ1) is 14.9. The average molecular weight is 476 g/mol. The Kier molecular flexibility index (Phi) is 7.77. The number of amides is 2. The van der Waals surface area contributed by atoms with Crippen LogP contribution in [0.15, 0.2) is 65.1 Å². The van der Waals surface area contributed by atoms with Crippen molar-refractivity contribution >= 4 is 58.5 Å². The Morgan fingerprint density at radius 3 is 2.48 bits per heavy atom. The summed E-state index contributed by atoms with van der Waals surface area (Å²) in [6, 6.07) is 14.5. The van der Waals surface area contributed by atoms with Crippen LogP contribution in [0.4, 0.5) is 0 Å². The van der Waals surface area contributed by atoms with Gasteiger partial charge in [-0.3, -0.25) is 9.59 Å². The molecular formula is C21H15Cl2N3O4S. The molecule has 3 aromatic rings. The number of hydrazone groups is 1. The molecule has 0 saturated heterocycles. The number of carbonyl (C=O) groups excluding carboxylic acids is 3. The van der Waals surface area contributed by atoms with Gasteiger partial charge in [-0.25, -0.2) is 10.2 Å². The molecule has 3 rings (SSSR count). The smallest absolute Gasteiger partial charge is 0.353 e. The molecule has 31 heavy (non-hydrogen) atoms. The highest BCUT2D eigenvalue weighted by Crippen LogP contribution is 2.22. The minimum absolute atomic E-state index is 0.246. The Labute approximate surface area is 191 Å². The van der Waals surface area contributed by atoms with Gasteiger partial charge in [-0.2, -0.15) is 5.10 Å². The van der Waals surface area contributed by atoms with Gasteiger partial charge in [0.15, 0.2) is 0 Å². The lowest BCUT2D eigenvalue weighted by Crippen LogP contribution is -2.34. The Morgan fingerprint density at radius 2 is 1.81 bits per heavy atom. The van der Waals surface area contributed by atoms with Crippen molar-refractivity contribution in [1.82, 2.24) is 10.7 Å². The van der Waals surface area contributed by atoms with Crippen molar-refractivity contribution in [2.45, 2.75) is 0 Å². The molecule has 0 aliphatic carbocycles. The second-order valence-corrected chi connectivity index (χ2v) is 7.80. The van der Waals surface area contributed by atoms with Crippen LogP contribution in [0.2, 0.25) is 10.0 Å². The summed E-state index contributed by atoms with van der Waals surface area (Å²) in [5.41, 5.74) is 3.27. The Morgan fingerprint density at radius 1 is 1.03 bits per heavy atom. The number of nitrogens with zero attached hydrogens (tertiary/aromatic N) is 1. The third kappa shape index (κ3) is 6.65. The minimum Gasteiger partial charge on any atom is -0.422 e. The predicted octanol–water partition coefficient (Wildman–Crippen LogP) is 4.15. The van der Waals surface area contributed by atoms with Crippen molar-refractivity contribution in [3.63, 3.8) is 0 Å². The summed E-state index contributed by atoms with van der Waals surface area (Å²) in [4.78, 5) is 36.3. The van der Waals surface area contributed by atoms with Crippen LogP contribution in [0.25, 0.3) is 0 Å². The van der Waals surface area contributed by atoms with E-state index in [0.717, 1.165) is 0 Å². The molecule has 0 aliphatic heterocycles. The number of benzene rings is 2. The largest absolute Gasteiger partial charge is 0.422 e. The highest BCUT2D eigenvalue weighted by atomic mass is 35.5. The molecule has 2 aromatic carbocycles. The Balaban J connectivity index is 1.44. The van der Waals surface area contributed by atoms with E-state index in [9.17, 15) is 14.4 Å². The monoisotopic (exact) mass is 475 g/mol. The van der Waals surface area contributed by atoms with Crippen molar-refractivity contribution in [3.8, 4) is 5.75 Å². The fourth-order valence-electron chi connectivity index (χ4n) is 2.29. The number of esters is 1. The number of ether oxygens (including phenoxy) is 1. The second-order valence-electron chi connectivity index (χ2n) is 6.04. The summed E-state index contributed by atoms with van der Waals surface area (Å²) in [6.07, 6.45) is 1.42. The van der Waals surface area contributed by atoms with Crippen LogP contribution in [-0.4, -0.2) is 30.5 Å². The minimum atomic E-state index is -0.508. The summed E-state index contributed by atoms with van der Waals surface area (Å²) in [5.74, 6) is -1.01. The molecule has 2 amide bonds. The summed E-state index contributed by atoms with van der Waals surface area (Å²) in [5, 5.41) is 8.66. The van der Waals surface area contributed by atoms with Gasteiger partial charge in [0.05, 0.1) is 22.8 Å². The number of halogens is 2. The lowest BCUT2D eigenvalue weighted by molar-refractivity contribution is -0.120. The highest BCUT2D eigenvalue weighted by molar-refractivity contribution is 7.12. The third-order valence-electron chi connectivity index (χ3n) is 3.81. The first kappa shape index (κ1) is 22.5. The first-order valence-electron chi connectivity index (χ1n) is 8.83. The number of carbonyl (C=O) groups is 3. The van der Waals surface area contributed by atoms with E-state index in [0.29, 0.717) is 21.2 Å². The molecule has 10 heteroatoms. The molecule has 2 N–H and O–H groups in total. The summed E-state index contributed by atoms with van der Waals surface area (Å²) in [6.45, 7) is -0.270. The van der Waals surface area contributed by atoms with Crippen molar-refractivity contribution in [3.05, 3.63) is 86.0 Å². The Hall–Kier alpha value is -3.20. The molecule has 0 saturated carbocycles. The molecule has 0 unspecified atom stereocenters. The zero-order valence-corrected chi connectivity index (χ0v) is 18.1. The van der Waals surface area contributed by atoms with Gasteiger partial charge in [0, 0.05) is 5.56 Å². The molecule has 0 fully saturated rings. The zero-order valence-electron chi connectivity index (χ0n) is 15.8. The third-order valence-corrected chi connectivity index (χ3v) is 5.40. The lowest BCUT2D eigenvalue weighted by atomic mass is 10.2. The molecule has 1 aromatic heterocycles. The fourth-order valence-corrected chi connectivity index (χ4v) is 3.19. The van der Waals surface area contributed by atoms with Crippen LogP contribution >= 0.6 is 34.5 Å². The maximum atomic E-state index is 12.0. The number of nitrogens with one attached hydrogen (secondary N) is 2. The van der Waals surface area contributed by atoms with Crippen molar-refractivity contribution in [2.24, 2.45) is 5.10 Å². The quantitative estimate of drug-likeness (QED) is 0.232. The standard InChI is InChI=1S/C21H15Cl2N3O4S/c22-16-8-5-14(10-17(16)23)20(28)24-12-19(27)26-25-11-13-3-6-15(7-4-13)30-21(29)18-2-1-9-31-18/h1-11H,12H2,(H,24,28)(H,26,27). The van der Waals surface area contributed by atoms with Gasteiger partial charge < -0.3 is 10.1 Å². The lowest BCUT2D eigenvalue weighted by Gasteiger charge is -2.05.